The number of carbonyl (C=O) groups excluding carboxylic acids is 1. The second-order valence-electron chi connectivity index (χ2n) is 9.06. The van der Waals surface area contributed by atoms with Crippen molar-refractivity contribution in [2.75, 3.05) is 43.6 Å². The van der Waals surface area contributed by atoms with Crippen molar-refractivity contribution in [3.05, 3.63) is 58.9 Å². The summed E-state index contributed by atoms with van der Waals surface area (Å²) in [5.74, 6) is -1.20. The zero-order chi connectivity index (χ0) is 23.7. The van der Waals surface area contributed by atoms with E-state index in [4.69, 9.17) is 4.74 Å². The lowest BCUT2D eigenvalue weighted by Crippen LogP contribution is -2.38. The predicted octanol–water partition coefficient (Wildman–Crippen LogP) is 2.04. The van der Waals surface area contributed by atoms with Gasteiger partial charge in [0.15, 0.2) is 5.82 Å². The Balaban J connectivity index is 1.45. The molecule has 0 radical (unpaired) electrons. The van der Waals surface area contributed by atoms with E-state index in [2.05, 4.69) is 9.80 Å². The number of likely N-dealkylation sites (tertiary alicyclic amines) is 1. The summed E-state index contributed by atoms with van der Waals surface area (Å²) in [5, 5.41) is 0. The number of hydrogen-bond donors (Lipinski definition) is 1. The Bertz CT molecular complexity index is 1170. The molecule has 3 aliphatic rings. The Morgan fingerprint density at radius 2 is 1.74 bits per heavy atom. The summed E-state index contributed by atoms with van der Waals surface area (Å²) in [6.07, 6.45) is 3.10. The number of benzene rings is 2. The topological polar surface area (TPSA) is 82.2 Å². The van der Waals surface area contributed by atoms with Crippen LogP contribution in [0.25, 0.3) is 0 Å². The first-order valence-corrected chi connectivity index (χ1v) is 13.1. The van der Waals surface area contributed by atoms with Crippen molar-refractivity contribution in [2.45, 2.75) is 32.4 Å². The van der Waals surface area contributed by atoms with Gasteiger partial charge in [-0.05, 0) is 49.5 Å². The maximum absolute atomic E-state index is 16.0. The SMILES string of the molecule is O=C1CN(c2c(OCc3ccccc3)cc3c(c2F)CN(CCN2CCCC2)CC3)S(=O)(=O)N1. The van der Waals surface area contributed by atoms with Crippen molar-refractivity contribution in [2.24, 2.45) is 0 Å². The van der Waals surface area contributed by atoms with Gasteiger partial charge in [0.2, 0.25) is 0 Å². The van der Waals surface area contributed by atoms with E-state index in [0.717, 1.165) is 48.2 Å². The summed E-state index contributed by atoms with van der Waals surface area (Å²) in [6, 6.07) is 11.1. The van der Waals surface area contributed by atoms with Crippen LogP contribution in [0.5, 0.6) is 5.75 Å². The minimum absolute atomic E-state index is 0.130. The zero-order valence-electron chi connectivity index (χ0n) is 19.0. The van der Waals surface area contributed by atoms with Gasteiger partial charge < -0.3 is 9.64 Å². The molecule has 2 saturated heterocycles. The van der Waals surface area contributed by atoms with Gasteiger partial charge in [0.05, 0.1) is 0 Å². The molecule has 0 aliphatic carbocycles. The van der Waals surface area contributed by atoms with Crippen molar-refractivity contribution in [3.63, 3.8) is 0 Å². The third-order valence-corrected chi connectivity index (χ3v) is 8.09. The fourth-order valence-corrected chi connectivity index (χ4v) is 6.04. The molecule has 34 heavy (non-hydrogen) atoms. The molecule has 5 rings (SSSR count). The molecule has 1 N–H and O–H groups in total. The van der Waals surface area contributed by atoms with Gasteiger partial charge in [0, 0.05) is 31.7 Å². The second-order valence-corrected chi connectivity index (χ2v) is 10.7. The van der Waals surface area contributed by atoms with E-state index >= 15 is 4.39 Å². The van der Waals surface area contributed by atoms with Crippen LogP contribution in [-0.4, -0.2) is 63.4 Å². The van der Waals surface area contributed by atoms with Gasteiger partial charge in [-0.25, -0.2) is 13.4 Å². The summed E-state index contributed by atoms with van der Waals surface area (Å²) >= 11 is 0. The van der Waals surface area contributed by atoms with Gasteiger partial charge in [0.1, 0.15) is 24.6 Å². The molecule has 182 valence electrons. The maximum Gasteiger partial charge on any atom is 0.326 e. The number of nitrogens with one attached hydrogen (secondary N) is 1. The Morgan fingerprint density at radius 1 is 1.00 bits per heavy atom. The molecule has 0 unspecified atom stereocenters. The van der Waals surface area contributed by atoms with E-state index in [1.165, 1.54) is 12.8 Å². The average molecular weight is 489 g/mol. The quantitative estimate of drug-likeness (QED) is 0.643. The third kappa shape index (κ3) is 4.75. The van der Waals surface area contributed by atoms with Crippen LogP contribution in [0.3, 0.4) is 0 Å². The number of ether oxygens (including phenoxy) is 1. The van der Waals surface area contributed by atoms with Crippen molar-refractivity contribution in [1.82, 2.24) is 14.5 Å². The van der Waals surface area contributed by atoms with Crippen molar-refractivity contribution < 1.29 is 22.3 Å². The first-order chi connectivity index (χ1) is 16.4. The number of halogens is 1. The highest BCUT2D eigenvalue weighted by Gasteiger charge is 2.39. The Kier molecular flexibility index (Phi) is 6.46. The summed E-state index contributed by atoms with van der Waals surface area (Å²) in [6.45, 7) is 4.89. The Labute approximate surface area is 199 Å². The number of carbonyl (C=O) groups is 1. The molecular weight excluding hydrogens is 459 g/mol. The minimum Gasteiger partial charge on any atom is -0.487 e. The first kappa shape index (κ1) is 23.1. The number of rotatable bonds is 7. The minimum atomic E-state index is -4.19. The van der Waals surface area contributed by atoms with Gasteiger partial charge in [-0.2, -0.15) is 8.42 Å². The molecule has 2 aromatic carbocycles. The van der Waals surface area contributed by atoms with Crippen LogP contribution in [0.2, 0.25) is 0 Å². The van der Waals surface area contributed by atoms with Gasteiger partial charge in [-0.3, -0.25) is 9.69 Å². The molecule has 2 aromatic rings. The molecule has 1 amide bonds. The molecule has 3 aliphatic heterocycles. The van der Waals surface area contributed by atoms with Crippen LogP contribution in [0.1, 0.15) is 29.5 Å². The molecule has 0 saturated carbocycles. The lowest BCUT2D eigenvalue weighted by molar-refractivity contribution is -0.117. The molecule has 8 nitrogen and oxygen atoms in total. The smallest absolute Gasteiger partial charge is 0.326 e. The van der Waals surface area contributed by atoms with E-state index in [-0.39, 0.29) is 18.0 Å². The Morgan fingerprint density at radius 3 is 2.44 bits per heavy atom. The molecule has 3 heterocycles. The van der Waals surface area contributed by atoms with Crippen molar-refractivity contribution >= 4 is 21.8 Å². The monoisotopic (exact) mass is 488 g/mol. The third-order valence-electron chi connectivity index (χ3n) is 6.72. The van der Waals surface area contributed by atoms with Crippen molar-refractivity contribution in [3.8, 4) is 5.75 Å². The highest BCUT2D eigenvalue weighted by atomic mass is 32.2. The largest absolute Gasteiger partial charge is 0.487 e. The van der Waals surface area contributed by atoms with E-state index in [1.807, 2.05) is 35.1 Å². The second kappa shape index (κ2) is 9.52. The Hall–Kier alpha value is -2.69. The summed E-state index contributed by atoms with van der Waals surface area (Å²) < 4.78 is 49.9. The van der Waals surface area contributed by atoms with Gasteiger partial charge >= 0.3 is 10.2 Å². The number of amides is 1. The fourth-order valence-electron chi connectivity index (χ4n) is 4.88. The molecule has 0 spiro atoms. The van der Waals surface area contributed by atoms with E-state index in [1.54, 1.807) is 6.07 Å². The van der Waals surface area contributed by atoms with E-state index in [9.17, 15) is 13.2 Å². The summed E-state index contributed by atoms with van der Waals surface area (Å²) in [7, 11) is -4.19. The lowest BCUT2D eigenvalue weighted by atomic mass is 9.97. The lowest BCUT2D eigenvalue weighted by Gasteiger charge is -2.32. The number of hydrogen-bond acceptors (Lipinski definition) is 6. The molecule has 10 heteroatoms. The predicted molar refractivity (Wildman–Crippen MR) is 126 cm³/mol. The maximum atomic E-state index is 16.0. The highest BCUT2D eigenvalue weighted by Crippen LogP contribution is 2.40. The standard InChI is InChI=1S/C24H29FN4O4S/c25-23-20-15-28(13-12-27-9-4-5-10-27)11-8-19(20)14-21(33-17-18-6-2-1-3-7-18)24(23)29-16-22(30)26-34(29,31)32/h1-3,6-7,14H,4-5,8-13,15-17H2,(H,26,30). The van der Waals surface area contributed by atoms with Crippen LogP contribution in [0, 0.1) is 5.82 Å². The molecular formula is C24H29FN4O4S. The average Bonchev–Trinajstić information content (AvgIpc) is 3.44. The van der Waals surface area contributed by atoms with E-state index < -0.39 is 28.5 Å². The number of nitrogens with zero attached hydrogens (tertiary/aromatic N) is 3. The van der Waals surface area contributed by atoms with Crippen LogP contribution in [-0.2, 0) is 34.6 Å². The van der Waals surface area contributed by atoms with Crippen LogP contribution >= 0.6 is 0 Å². The molecule has 0 atom stereocenters. The number of anilines is 1. The van der Waals surface area contributed by atoms with Gasteiger partial charge in [-0.1, -0.05) is 30.3 Å². The van der Waals surface area contributed by atoms with Gasteiger partial charge in [0.25, 0.3) is 5.91 Å². The normalized spacial score (nSPS) is 20.4. The summed E-state index contributed by atoms with van der Waals surface area (Å²) in [5.41, 5.74) is 1.97. The van der Waals surface area contributed by atoms with Crippen LogP contribution in [0.15, 0.2) is 36.4 Å². The first-order valence-electron chi connectivity index (χ1n) is 11.7. The zero-order valence-corrected chi connectivity index (χ0v) is 19.8. The molecule has 0 aromatic heterocycles. The summed E-state index contributed by atoms with van der Waals surface area (Å²) in [4.78, 5) is 16.5. The molecule has 0 bridgehead atoms. The van der Waals surface area contributed by atoms with Gasteiger partial charge in [-0.15, -0.1) is 0 Å². The van der Waals surface area contributed by atoms with Crippen molar-refractivity contribution in [1.29, 1.82) is 0 Å². The van der Waals surface area contributed by atoms with Crippen LogP contribution in [0.4, 0.5) is 10.1 Å². The fraction of sp³-hybridized carbons (Fsp3) is 0.458. The van der Waals surface area contributed by atoms with Crippen LogP contribution < -0.4 is 13.8 Å². The van der Waals surface area contributed by atoms with E-state index in [0.29, 0.717) is 18.5 Å². The molecule has 2 fully saturated rings. The highest BCUT2D eigenvalue weighted by molar-refractivity contribution is 7.92. The number of fused-ring (bicyclic) bond motifs is 1.